The maximum absolute atomic E-state index is 3.64. The van der Waals surface area contributed by atoms with Crippen molar-refractivity contribution in [3.05, 3.63) is 31.7 Å². The number of hydrogen-bond donors (Lipinski definition) is 0. The van der Waals surface area contributed by atoms with Gasteiger partial charge in [-0.15, -0.1) is 13.2 Å². The third kappa shape index (κ3) is 18.2. The molecule has 11 heavy (non-hydrogen) atoms. The molecule has 0 aromatic heterocycles. The van der Waals surface area contributed by atoms with E-state index in [1.165, 1.54) is 0 Å². The predicted octanol–water partition coefficient (Wildman–Crippen LogP) is -0.254. The van der Waals surface area contributed by atoms with E-state index < -0.39 is 0 Å². The van der Waals surface area contributed by atoms with Crippen molar-refractivity contribution in [3.63, 3.8) is 0 Å². The zero-order valence-corrected chi connectivity index (χ0v) is 10.6. The van der Waals surface area contributed by atoms with Crippen molar-refractivity contribution in [1.82, 2.24) is 0 Å². The minimum atomic E-state index is 0. The zero-order chi connectivity index (χ0) is 6.95. The van der Waals surface area contributed by atoms with Crippen LogP contribution in [0.25, 0.3) is 0 Å². The van der Waals surface area contributed by atoms with Gasteiger partial charge in [0.25, 0.3) is 0 Å². The van der Waals surface area contributed by atoms with Crippen molar-refractivity contribution in [2.45, 2.75) is 25.7 Å². The summed E-state index contributed by atoms with van der Waals surface area (Å²) in [6.07, 6.45) is 10.7. The van der Waals surface area contributed by atoms with Gasteiger partial charge in [-0.3, -0.25) is 0 Å². The molecule has 0 heterocycles. The predicted molar refractivity (Wildman–Crippen MR) is 48.9 cm³/mol. The molecule has 0 spiro atoms. The first kappa shape index (κ1) is 17.9. The van der Waals surface area contributed by atoms with E-state index in [2.05, 4.69) is 19.6 Å². The zero-order valence-electron chi connectivity index (χ0n) is 7.06. The van der Waals surface area contributed by atoms with Crippen LogP contribution >= 0.6 is 0 Å². The van der Waals surface area contributed by atoms with Gasteiger partial charge in [-0.05, 0) is 0 Å². The molecule has 0 aliphatic rings. The molecule has 0 amide bonds. The van der Waals surface area contributed by atoms with Crippen molar-refractivity contribution in [2.75, 3.05) is 0 Å². The average molecular weight is 274 g/mol. The smallest absolute Gasteiger partial charge is 1.00 e. The molecule has 0 aromatic carbocycles. The molecule has 0 rings (SSSR count). The van der Waals surface area contributed by atoms with Crippen LogP contribution in [0.15, 0.2) is 25.3 Å². The molecule has 0 bridgehead atoms. The van der Waals surface area contributed by atoms with E-state index in [1.54, 1.807) is 0 Å². The van der Waals surface area contributed by atoms with E-state index in [9.17, 15) is 0 Å². The van der Waals surface area contributed by atoms with Gasteiger partial charge in [0.05, 0.1) is 0 Å². The van der Waals surface area contributed by atoms with Gasteiger partial charge < -0.3 is 30.4 Å². The van der Waals surface area contributed by atoms with Crippen LogP contribution in [0.3, 0.4) is 0 Å². The van der Waals surface area contributed by atoms with Crippen molar-refractivity contribution in [1.29, 1.82) is 0 Å². The Morgan fingerprint density at radius 1 is 1.00 bits per heavy atom. The fraction of sp³-hybridized carbons (Fsp3) is 0.444. The second-order valence-electron chi connectivity index (χ2n) is 2.02. The summed E-state index contributed by atoms with van der Waals surface area (Å²) in [5.74, 6) is 0. The van der Waals surface area contributed by atoms with E-state index in [4.69, 9.17) is 0 Å². The van der Waals surface area contributed by atoms with Gasteiger partial charge in [0, 0.05) is 0 Å². The normalized spacial score (nSPS) is 7.27. The summed E-state index contributed by atoms with van der Waals surface area (Å²) in [5.41, 5.74) is 0. The topological polar surface area (TPSA) is 0 Å². The van der Waals surface area contributed by atoms with Crippen LogP contribution in [-0.2, 0) is 0 Å². The van der Waals surface area contributed by atoms with Gasteiger partial charge in [-0.1, -0.05) is 25.0 Å². The Morgan fingerprint density at radius 2 is 1.36 bits per heavy atom. The standard InChI is InChI=1S/C9H15.HI.Mg/c1-3-5-7-9-8-6-4-2;;/h3-4,9H,1-2,5-8H2;1H;/q-1;;+2/p-1. The van der Waals surface area contributed by atoms with Crippen molar-refractivity contribution in [2.24, 2.45) is 0 Å². The van der Waals surface area contributed by atoms with Crippen molar-refractivity contribution >= 4 is 23.1 Å². The Labute approximate surface area is 104 Å². The minimum absolute atomic E-state index is 0. The van der Waals surface area contributed by atoms with Crippen LogP contribution in [0.4, 0.5) is 0 Å². The number of unbranched alkanes of at least 4 members (excludes halogenated alkanes) is 4. The van der Waals surface area contributed by atoms with Gasteiger partial charge in [0.15, 0.2) is 0 Å². The van der Waals surface area contributed by atoms with E-state index in [0.717, 1.165) is 25.7 Å². The van der Waals surface area contributed by atoms with Gasteiger partial charge >= 0.3 is 23.1 Å². The summed E-state index contributed by atoms with van der Waals surface area (Å²) < 4.78 is 0. The monoisotopic (exact) mass is 274 g/mol. The average Bonchev–Trinajstić information content (AvgIpc) is 1.89. The Kier molecular flexibility index (Phi) is 28.0. The molecule has 60 valence electrons. The first-order chi connectivity index (χ1) is 4.41. The van der Waals surface area contributed by atoms with Crippen molar-refractivity contribution in [3.8, 4) is 0 Å². The van der Waals surface area contributed by atoms with E-state index in [0.29, 0.717) is 0 Å². The third-order valence-corrected chi connectivity index (χ3v) is 1.15. The quantitative estimate of drug-likeness (QED) is 0.206. The largest absolute Gasteiger partial charge is 2.00 e. The van der Waals surface area contributed by atoms with E-state index >= 15 is 0 Å². The Bertz CT molecular complexity index is 71.6. The molecule has 0 atom stereocenters. The summed E-state index contributed by atoms with van der Waals surface area (Å²) in [4.78, 5) is 0. The number of allylic oxidation sites excluding steroid dienone is 2. The molecular weight excluding hydrogens is 259 g/mol. The molecule has 0 saturated heterocycles. The Hall–Kier alpha value is 0.976. The fourth-order valence-electron chi connectivity index (χ4n) is 0.616. The summed E-state index contributed by atoms with van der Waals surface area (Å²) in [6.45, 7) is 7.28. The van der Waals surface area contributed by atoms with Gasteiger partial charge in [-0.25, -0.2) is 0 Å². The van der Waals surface area contributed by atoms with Crippen LogP contribution in [0.5, 0.6) is 0 Å². The maximum Gasteiger partial charge on any atom is 2.00 e. The number of halogens is 1. The summed E-state index contributed by atoms with van der Waals surface area (Å²) in [5, 5.41) is 0. The van der Waals surface area contributed by atoms with Gasteiger partial charge in [0.2, 0.25) is 0 Å². The first-order valence-electron chi connectivity index (χ1n) is 3.45. The van der Waals surface area contributed by atoms with Crippen molar-refractivity contribution < 1.29 is 24.0 Å². The molecule has 0 aliphatic heterocycles. The van der Waals surface area contributed by atoms with Crippen LogP contribution in [0, 0.1) is 6.42 Å². The second-order valence-corrected chi connectivity index (χ2v) is 2.02. The van der Waals surface area contributed by atoms with Gasteiger partial charge in [-0.2, -0.15) is 12.8 Å². The van der Waals surface area contributed by atoms with E-state index in [-0.39, 0.29) is 47.0 Å². The molecule has 0 saturated carbocycles. The molecule has 0 aromatic rings. The number of rotatable bonds is 6. The second kappa shape index (κ2) is 17.2. The minimum Gasteiger partial charge on any atom is -1.00 e. The molecule has 0 unspecified atom stereocenters. The molecule has 0 fully saturated rings. The summed E-state index contributed by atoms with van der Waals surface area (Å²) in [7, 11) is 0. The molecule has 0 radical (unpaired) electrons. The number of hydrogen-bond acceptors (Lipinski definition) is 0. The van der Waals surface area contributed by atoms with Gasteiger partial charge in [0.1, 0.15) is 0 Å². The molecule has 2 heteroatoms. The molecule has 0 N–H and O–H groups in total. The summed E-state index contributed by atoms with van der Waals surface area (Å²) >= 11 is 0. The molecule has 0 aliphatic carbocycles. The van der Waals surface area contributed by atoms with Crippen LogP contribution in [0.1, 0.15) is 25.7 Å². The van der Waals surface area contributed by atoms with Crippen LogP contribution in [-0.4, -0.2) is 23.1 Å². The first-order valence-corrected chi connectivity index (χ1v) is 3.45. The molecule has 0 nitrogen and oxygen atoms in total. The van der Waals surface area contributed by atoms with E-state index in [1.807, 2.05) is 12.2 Å². The Morgan fingerprint density at radius 3 is 1.64 bits per heavy atom. The third-order valence-electron chi connectivity index (χ3n) is 1.15. The maximum atomic E-state index is 3.64. The SMILES string of the molecule is C=CCC[CH-]CCC=C.[I-].[Mg+2]. The van der Waals surface area contributed by atoms with Crippen LogP contribution in [0.2, 0.25) is 0 Å². The molecular formula is C9H15IMg. The fourth-order valence-corrected chi connectivity index (χ4v) is 0.616. The Balaban J connectivity index is -0.000000320. The summed E-state index contributed by atoms with van der Waals surface area (Å²) in [6, 6.07) is 0. The van der Waals surface area contributed by atoms with Crippen LogP contribution < -0.4 is 24.0 Å².